The molecule has 0 N–H and O–H groups in total. The molecule has 0 bridgehead atoms. The summed E-state index contributed by atoms with van der Waals surface area (Å²) in [6.45, 7) is 2.63. The van der Waals surface area contributed by atoms with Crippen molar-refractivity contribution in [1.82, 2.24) is 0 Å². The van der Waals surface area contributed by atoms with Gasteiger partial charge in [0.15, 0.2) is 11.5 Å². The van der Waals surface area contributed by atoms with Gasteiger partial charge in [-0.1, -0.05) is 12.1 Å². The van der Waals surface area contributed by atoms with E-state index in [0.717, 1.165) is 11.3 Å². The zero-order valence-corrected chi connectivity index (χ0v) is 13.1. The maximum absolute atomic E-state index is 12.5. The zero-order valence-electron chi connectivity index (χ0n) is 13.1. The van der Waals surface area contributed by atoms with Gasteiger partial charge in [0, 0.05) is 5.56 Å². The maximum Gasteiger partial charge on any atom is 0.231 e. The van der Waals surface area contributed by atoms with Crippen molar-refractivity contribution < 1.29 is 19.0 Å². The standard InChI is InChI=1S/C19H15NO4/c1-2-22-16-6-3-13(4-7-16)9-15(11-20)19(21)14-5-8-17-18(10-14)24-12-23-17/h3-10H,2,12H2,1H3/b15-9+. The number of rotatable bonds is 5. The number of nitriles is 1. The lowest BCUT2D eigenvalue weighted by atomic mass is 10.0. The highest BCUT2D eigenvalue weighted by molar-refractivity contribution is 6.14. The van der Waals surface area contributed by atoms with Crippen molar-refractivity contribution in [3.05, 3.63) is 59.2 Å². The first-order chi connectivity index (χ1) is 11.7. The SMILES string of the molecule is CCOc1ccc(/C=C(\C#N)C(=O)c2ccc3c(c2)OCO3)cc1. The summed E-state index contributed by atoms with van der Waals surface area (Å²) in [5.41, 5.74) is 1.19. The first-order valence-electron chi connectivity index (χ1n) is 7.50. The Morgan fingerprint density at radius 3 is 2.67 bits per heavy atom. The van der Waals surface area contributed by atoms with Gasteiger partial charge in [0.1, 0.15) is 17.4 Å². The van der Waals surface area contributed by atoms with E-state index in [1.54, 1.807) is 48.5 Å². The summed E-state index contributed by atoms with van der Waals surface area (Å²) < 4.78 is 15.9. The summed E-state index contributed by atoms with van der Waals surface area (Å²) in [7, 11) is 0. The van der Waals surface area contributed by atoms with Crippen molar-refractivity contribution in [2.24, 2.45) is 0 Å². The van der Waals surface area contributed by atoms with Crippen molar-refractivity contribution in [2.45, 2.75) is 6.92 Å². The quantitative estimate of drug-likeness (QED) is 0.478. The predicted molar refractivity (Wildman–Crippen MR) is 88.1 cm³/mol. The van der Waals surface area contributed by atoms with Crippen LogP contribution in [0.5, 0.6) is 17.2 Å². The Labute approximate surface area is 139 Å². The first-order valence-corrected chi connectivity index (χ1v) is 7.50. The number of fused-ring (bicyclic) bond motifs is 1. The molecule has 0 fully saturated rings. The number of hydrogen-bond donors (Lipinski definition) is 0. The highest BCUT2D eigenvalue weighted by Crippen LogP contribution is 2.33. The normalized spacial score (nSPS) is 12.6. The maximum atomic E-state index is 12.5. The van der Waals surface area contributed by atoms with E-state index in [0.29, 0.717) is 23.7 Å². The molecule has 1 aliphatic heterocycles. The summed E-state index contributed by atoms with van der Waals surface area (Å²) in [5, 5.41) is 9.33. The lowest BCUT2D eigenvalue weighted by molar-refractivity contribution is 0.103. The number of Topliss-reactive ketones (excluding diaryl/α,β-unsaturated/α-hetero) is 1. The van der Waals surface area contributed by atoms with Crippen LogP contribution in [0.3, 0.4) is 0 Å². The van der Waals surface area contributed by atoms with E-state index in [9.17, 15) is 10.1 Å². The van der Waals surface area contributed by atoms with Gasteiger partial charge >= 0.3 is 0 Å². The smallest absolute Gasteiger partial charge is 0.231 e. The number of hydrogen-bond acceptors (Lipinski definition) is 5. The first kappa shape index (κ1) is 15.6. The average Bonchev–Trinajstić information content (AvgIpc) is 3.08. The molecular weight excluding hydrogens is 306 g/mol. The van der Waals surface area contributed by atoms with Gasteiger partial charge in [-0.25, -0.2) is 0 Å². The van der Waals surface area contributed by atoms with E-state index in [1.165, 1.54) is 0 Å². The summed E-state index contributed by atoms with van der Waals surface area (Å²) in [6, 6.07) is 14.1. The highest BCUT2D eigenvalue weighted by Gasteiger charge is 2.18. The molecular formula is C19H15NO4. The van der Waals surface area contributed by atoms with Crippen LogP contribution in [0.2, 0.25) is 0 Å². The molecule has 0 atom stereocenters. The van der Waals surface area contributed by atoms with Gasteiger partial charge in [0.05, 0.1) is 6.61 Å². The predicted octanol–water partition coefficient (Wildman–Crippen LogP) is 3.60. The Bertz CT molecular complexity index is 831. The molecule has 0 radical (unpaired) electrons. The number of benzene rings is 2. The number of ether oxygens (including phenoxy) is 3. The van der Waals surface area contributed by atoms with Crippen molar-refractivity contribution >= 4 is 11.9 Å². The lowest BCUT2D eigenvalue weighted by Crippen LogP contribution is -2.02. The second-order valence-electron chi connectivity index (χ2n) is 5.07. The Morgan fingerprint density at radius 2 is 1.96 bits per heavy atom. The van der Waals surface area contributed by atoms with Crippen LogP contribution in [0.15, 0.2) is 48.0 Å². The van der Waals surface area contributed by atoms with E-state index >= 15 is 0 Å². The minimum atomic E-state index is -0.357. The molecule has 0 aliphatic carbocycles. The second kappa shape index (κ2) is 6.88. The van der Waals surface area contributed by atoms with E-state index in [-0.39, 0.29) is 18.1 Å². The van der Waals surface area contributed by atoms with Crippen molar-refractivity contribution in [2.75, 3.05) is 13.4 Å². The van der Waals surface area contributed by atoms with Gasteiger partial charge in [0.2, 0.25) is 12.6 Å². The van der Waals surface area contributed by atoms with Gasteiger partial charge in [0.25, 0.3) is 0 Å². The molecule has 24 heavy (non-hydrogen) atoms. The highest BCUT2D eigenvalue weighted by atomic mass is 16.7. The van der Waals surface area contributed by atoms with Crippen molar-refractivity contribution in [3.63, 3.8) is 0 Å². The molecule has 2 aromatic rings. The zero-order chi connectivity index (χ0) is 16.9. The monoisotopic (exact) mass is 321 g/mol. The minimum absolute atomic E-state index is 0.0537. The second-order valence-corrected chi connectivity index (χ2v) is 5.07. The Balaban J connectivity index is 1.85. The van der Waals surface area contributed by atoms with Crippen LogP contribution < -0.4 is 14.2 Å². The van der Waals surface area contributed by atoms with Gasteiger partial charge < -0.3 is 14.2 Å². The van der Waals surface area contributed by atoms with E-state index < -0.39 is 0 Å². The molecule has 5 nitrogen and oxygen atoms in total. The largest absolute Gasteiger partial charge is 0.494 e. The van der Waals surface area contributed by atoms with Crippen LogP contribution in [0.1, 0.15) is 22.8 Å². The number of allylic oxidation sites excluding steroid dienone is 1. The van der Waals surface area contributed by atoms with Crippen molar-refractivity contribution in [1.29, 1.82) is 5.26 Å². The fraction of sp³-hybridized carbons (Fsp3) is 0.158. The molecule has 0 aromatic heterocycles. The molecule has 0 saturated carbocycles. The van der Waals surface area contributed by atoms with Gasteiger partial charge in [-0.2, -0.15) is 5.26 Å². The molecule has 0 unspecified atom stereocenters. The fourth-order valence-corrected chi connectivity index (χ4v) is 2.34. The van der Waals surface area contributed by atoms with Gasteiger partial charge in [-0.05, 0) is 48.9 Å². The molecule has 2 aromatic carbocycles. The summed E-state index contributed by atoms with van der Waals surface area (Å²) in [4.78, 5) is 12.5. The molecule has 1 heterocycles. The third kappa shape index (κ3) is 3.23. The Kier molecular flexibility index (Phi) is 4.48. The Hall–Kier alpha value is -3.26. The third-order valence-electron chi connectivity index (χ3n) is 3.50. The number of carbonyl (C=O) groups is 1. The van der Waals surface area contributed by atoms with Crippen LogP contribution in [0.25, 0.3) is 6.08 Å². The molecule has 5 heteroatoms. The van der Waals surface area contributed by atoms with E-state index in [1.807, 2.05) is 13.0 Å². The molecule has 0 saturated heterocycles. The summed E-state index contributed by atoms with van der Waals surface area (Å²) >= 11 is 0. The number of carbonyl (C=O) groups excluding carboxylic acids is 1. The topological polar surface area (TPSA) is 68.5 Å². The minimum Gasteiger partial charge on any atom is -0.494 e. The third-order valence-corrected chi connectivity index (χ3v) is 3.50. The fourth-order valence-electron chi connectivity index (χ4n) is 2.34. The van der Waals surface area contributed by atoms with Crippen LogP contribution in [0, 0.1) is 11.3 Å². The van der Waals surface area contributed by atoms with Crippen molar-refractivity contribution in [3.8, 4) is 23.3 Å². The summed E-state index contributed by atoms with van der Waals surface area (Å²) in [6.07, 6.45) is 1.56. The number of ketones is 1. The average molecular weight is 321 g/mol. The van der Waals surface area contributed by atoms with E-state index in [2.05, 4.69) is 0 Å². The molecule has 0 amide bonds. The molecule has 3 rings (SSSR count). The van der Waals surface area contributed by atoms with Crippen LogP contribution >= 0.6 is 0 Å². The van der Waals surface area contributed by atoms with Crippen LogP contribution in [-0.2, 0) is 0 Å². The molecule has 1 aliphatic rings. The van der Waals surface area contributed by atoms with Gasteiger partial charge in [-0.15, -0.1) is 0 Å². The van der Waals surface area contributed by atoms with Crippen LogP contribution in [0.4, 0.5) is 0 Å². The van der Waals surface area contributed by atoms with Gasteiger partial charge in [-0.3, -0.25) is 4.79 Å². The lowest BCUT2D eigenvalue weighted by Gasteiger charge is -2.04. The van der Waals surface area contributed by atoms with E-state index in [4.69, 9.17) is 14.2 Å². The Morgan fingerprint density at radius 1 is 1.21 bits per heavy atom. The summed E-state index contributed by atoms with van der Waals surface area (Å²) in [5.74, 6) is 1.50. The molecule has 120 valence electrons. The number of nitrogens with zero attached hydrogens (tertiary/aromatic N) is 1. The molecule has 0 spiro atoms. The van der Waals surface area contributed by atoms with Crippen LogP contribution in [-0.4, -0.2) is 19.2 Å².